The summed E-state index contributed by atoms with van der Waals surface area (Å²) in [5.74, 6) is 0.0975. The molecule has 0 unspecified atom stereocenters. The van der Waals surface area contributed by atoms with E-state index in [1.54, 1.807) is 0 Å². The molecular weight excluding hydrogens is 440 g/mol. The standard InChI is InChI=1S/C29H36N2O4/c1-21-7-13-25(14-8-21)29-27(26-6-2-4-22(16-26)5-3-15-32)18-31(30-29)17-23-9-11-24(12-10-23)19-35-20-28(33)34/h2,4,6-8,13-14,16,18,23-24,32H,3,5,9-12,15,17,19-20H2,1H3,(H,33,34). The molecule has 2 aromatic carbocycles. The molecule has 1 fully saturated rings. The summed E-state index contributed by atoms with van der Waals surface area (Å²) in [6.45, 7) is 3.50. The number of benzene rings is 2. The fourth-order valence-corrected chi connectivity index (χ4v) is 4.99. The zero-order chi connectivity index (χ0) is 24.6. The number of rotatable bonds is 11. The third-order valence-electron chi connectivity index (χ3n) is 6.94. The van der Waals surface area contributed by atoms with Crippen LogP contribution in [0.15, 0.2) is 54.7 Å². The Morgan fingerprint density at radius 2 is 1.80 bits per heavy atom. The highest BCUT2D eigenvalue weighted by Crippen LogP contribution is 2.34. The Hall–Kier alpha value is -2.96. The number of aliphatic hydroxyl groups is 1. The Balaban J connectivity index is 1.50. The van der Waals surface area contributed by atoms with E-state index >= 15 is 0 Å². The first-order valence-electron chi connectivity index (χ1n) is 12.7. The molecule has 6 heteroatoms. The third-order valence-corrected chi connectivity index (χ3v) is 6.94. The van der Waals surface area contributed by atoms with Crippen LogP contribution in [0.3, 0.4) is 0 Å². The average Bonchev–Trinajstić information content (AvgIpc) is 3.28. The van der Waals surface area contributed by atoms with Gasteiger partial charge >= 0.3 is 5.97 Å². The van der Waals surface area contributed by atoms with Crippen LogP contribution in [0, 0.1) is 18.8 Å². The number of carboxylic acids is 1. The second-order valence-corrected chi connectivity index (χ2v) is 9.80. The predicted octanol–water partition coefficient (Wildman–Crippen LogP) is 5.36. The highest BCUT2D eigenvalue weighted by Gasteiger charge is 2.23. The van der Waals surface area contributed by atoms with Gasteiger partial charge < -0.3 is 14.9 Å². The number of ether oxygens (including phenoxy) is 1. The molecule has 1 saturated carbocycles. The van der Waals surface area contributed by atoms with E-state index in [4.69, 9.17) is 14.9 Å². The molecular formula is C29H36N2O4. The molecule has 0 saturated heterocycles. The summed E-state index contributed by atoms with van der Waals surface area (Å²) in [7, 11) is 0. The summed E-state index contributed by atoms with van der Waals surface area (Å²) in [5.41, 5.74) is 6.86. The van der Waals surface area contributed by atoms with Gasteiger partial charge in [0.25, 0.3) is 0 Å². The molecule has 2 N–H and O–H groups in total. The minimum atomic E-state index is -0.906. The zero-order valence-electron chi connectivity index (χ0n) is 20.5. The number of aliphatic hydroxyl groups excluding tert-OH is 1. The van der Waals surface area contributed by atoms with E-state index in [2.05, 4.69) is 66.3 Å². The van der Waals surface area contributed by atoms with Crippen LogP contribution in [0.1, 0.15) is 43.2 Å². The summed E-state index contributed by atoms with van der Waals surface area (Å²) in [6.07, 6.45) is 8.14. The lowest BCUT2D eigenvalue weighted by Crippen LogP contribution is -2.23. The fraction of sp³-hybridized carbons (Fsp3) is 0.448. The van der Waals surface area contributed by atoms with Gasteiger partial charge in [-0.15, -0.1) is 0 Å². The van der Waals surface area contributed by atoms with Crippen molar-refractivity contribution in [2.75, 3.05) is 19.8 Å². The summed E-state index contributed by atoms with van der Waals surface area (Å²) in [6, 6.07) is 17.1. The molecule has 6 nitrogen and oxygen atoms in total. The van der Waals surface area contributed by atoms with Gasteiger partial charge in [-0.1, -0.05) is 54.1 Å². The number of nitrogens with zero attached hydrogens (tertiary/aromatic N) is 2. The van der Waals surface area contributed by atoms with Crippen LogP contribution in [0.5, 0.6) is 0 Å². The third kappa shape index (κ3) is 7.03. The quantitative estimate of drug-likeness (QED) is 0.389. The molecule has 1 aliphatic rings. The molecule has 1 aliphatic carbocycles. The maximum atomic E-state index is 10.7. The highest BCUT2D eigenvalue weighted by molar-refractivity contribution is 5.80. The van der Waals surface area contributed by atoms with E-state index in [1.807, 2.05) is 0 Å². The van der Waals surface area contributed by atoms with Gasteiger partial charge in [0.15, 0.2) is 0 Å². The lowest BCUT2D eigenvalue weighted by atomic mass is 9.82. The molecule has 0 atom stereocenters. The Morgan fingerprint density at radius 3 is 2.51 bits per heavy atom. The largest absolute Gasteiger partial charge is 0.480 e. The monoisotopic (exact) mass is 476 g/mol. The maximum Gasteiger partial charge on any atom is 0.329 e. The van der Waals surface area contributed by atoms with Gasteiger partial charge in [-0.05, 0) is 68.4 Å². The second-order valence-electron chi connectivity index (χ2n) is 9.80. The molecule has 3 aromatic rings. The Kier molecular flexibility index (Phi) is 8.72. The van der Waals surface area contributed by atoms with Gasteiger partial charge in [0, 0.05) is 30.5 Å². The van der Waals surface area contributed by atoms with Crippen molar-refractivity contribution in [3.8, 4) is 22.4 Å². The molecule has 1 heterocycles. The molecule has 4 rings (SSSR count). The molecule has 186 valence electrons. The van der Waals surface area contributed by atoms with Gasteiger partial charge in [0.2, 0.25) is 0 Å². The Morgan fingerprint density at radius 1 is 1.06 bits per heavy atom. The van der Waals surface area contributed by atoms with Crippen LogP contribution < -0.4 is 0 Å². The van der Waals surface area contributed by atoms with Crippen molar-refractivity contribution in [3.05, 3.63) is 65.9 Å². The van der Waals surface area contributed by atoms with Gasteiger partial charge in [0.05, 0.1) is 6.61 Å². The van der Waals surface area contributed by atoms with E-state index in [1.165, 1.54) is 11.1 Å². The molecule has 0 spiro atoms. The predicted molar refractivity (Wildman–Crippen MR) is 137 cm³/mol. The van der Waals surface area contributed by atoms with Gasteiger partial charge in [-0.3, -0.25) is 4.68 Å². The Bertz CT molecular complexity index is 1100. The van der Waals surface area contributed by atoms with Crippen molar-refractivity contribution in [1.82, 2.24) is 9.78 Å². The lowest BCUT2D eigenvalue weighted by Gasteiger charge is -2.28. The first kappa shape index (κ1) is 25.1. The topological polar surface area (TPSA) is 84.6 Å². The van der Waals surface area contributed by atoms with Crippen molar-refractivity contribution in [3.63, 3.8) is 0 Å². The molecule has 0 radical (unpaired) electrons. The van der Waals surface area contributed by atoms with Crippen molar-refractivity contribution in [2.24, 2.45) is 11.8 Å². The molecule has 0 bridgehead atoms. The van der Waals surface area contributed by atoms with Crippen molar-refractivity contribution >= 4 is 5.97 Å². The van der Waals surface area contributed by atoms with E-state index < -0.39 is 5.97 Å². The van der Waals surface area contributed by atoms with E-state index in [-0.39, 0.29) is 13.2 Å². The Labute approximate surface area is 207 Å². The number of carbonyl (C=O) groups is 1. The molecule has 1 aromatic heterocycles. The minimum absolute atomic E-state index is 0.199. The van der Waals surface area contributed by atoms with Crippen LogP contribution in [-0.2, 0) is 22.5 Å². The normalized spacial score (nSPS) is 18.0. The summed E-state index contributed by atoms with van der Waals surface area (Å²) in [4.78, 5) is 10.7. The highest BCUT2D eigenvalue weighted by atomic mass is 16.5. The number of hydrogen-bond donors (Lipinski definition) is 2. The second kappa shape index (κ2) is 12.1. The van der Waals surface area contributed by atoms with Crippen molar-refractivity contribution in [1.29, 1.82) is 0 Å². The van der Waals surface area contributed by atoms with Crippen LogP contribution in [-0.4, -0.2) is 45.8 Å². The van der Waals surface area contributed by atoms with Gasteiger partial charge in [-0.2, -0.15) is 5.10 Å². The number of aromatic nitrogens is 2. The maximum absolute atomic E-state index is 10.7. The minimum Gasteiger partial charge on any atom is -0.480 e. The number of aliphatic carboxylic acids is 1. The molecule has 35 heavy (non-hydrogen) atoms. The van der Waals surface area contributed by atoms with Crippen molar-refractivity contribution < 1.29 is 19.7 Å². The number of hydrogen-bond acceptors (Lipinski definition) is 4. The van der Waals surface area contributed by atoms with Crippen LogP contribution in [0.4, 0.5) is 0 Å². The summed E-state index contributed by atoms with van der Waals surface area (Å²) in [5, 5.41) is 23.0. The van der Waals surface area contributed by atoms with Crippen LogP contribution in [0.2, 0.25) is 0 Å². The summed E-state index contributed by atoms with van der Waals surface area (Å²) < 4.78 is 7.42. The molecule has 0 aliphatic heterocycles. The average molecular weight is 477 g/mol. The zero-order valence-corrected chi connectivity index (χ0v) is 20.5. The van der Waals surface area contributed by atoms with E-state index in [0.29, 0.717) is 18.4 Å². The lowest BCUT2D eigenvalue weighted by molar-refractivity contribution is -0.142. The number of carboxylic acid groups (broad SMARTS) is 1. The van der Waals surface area contributed by atoms with Crippen molar-refractivity contribution in [2.45, 2.75) is 52.0 Å². The first-order valence-corrected chi connectivity index (χ1v) is 12.7. The van der Waals surface area contributed by atoms with Gasteiger partial charge in [0.1, 0.15) is 12.3 Å². The van der Waals surface area contributed by atoms with Crippen LogP contribution >= 0.6 is 0 Å². The smallest absolute Gasteiger partial charge is 0.329 e. The number of aryl methyl sites for hydroxylation is 2. The van der Waals surface area contributed by atoms with Gasteiger partial charge in [-0.25, -0.2) is 4.79 Å². The molecule has 0 amide bonds. The summed E-state index contributed by atoms with van der Waals surface area (Å²) >= 11 is 0. The fourth-order valence-electron chi connectivity index (χ4n) is 4.99. The van der Waals surface area contributed by atoms with E-state index in [0.717, 1.165) is 67.5 Å². The van der Waals surface area contributed by atoms with E-state index in [9.17, 15) is 9.90 Å². The van der Waals surface area contributed by atoms with Crippen LogP contribution in [0.25, 0.3) is 22.4 Å². The SMILES string of the molecule is Cc1ccc(-c2nn(CC3CCC(COCC(=O)O)CC3)cc2-c2cccc(CCCO)c2)cc1. The first-order chi connectivity index (χ1) is 17.0.